The fourth-order valence-corrected chi connectivity index (χ4v) is 7.38. The maximum absolute atomic E-state index is 15.0. The average Bonchev–Trinajstić information content (AvgIpc) is 3.88. The first-order chi connectivity index (χ1) is 23.2. The second-order valence-electron chi connectivity index (χ2n) is 12.1. The first-order valence-electron chi connectivity index (χ1n) is 15.4. The van der Waals surface area contributed by atoms with E-state index in [1.807, 2.05) is 22.8 Å². The fourth-order valence-electron chi connectivity index (χ4n) is 6.97. The monoisotopic (exact) mass is 693 g/mol. The molecule has 3 aromatic carbocycles. The van der Waals surface area contributed by atoms with Crippen LogP contribution in [0.2, 0.25) is 10.0 Å². The van der Waals surface area contributed by atoms with Gasteiger partial charge in [0.2, 0.25) is 0 Å². The number of esters is 1. The van der Waals surface area contributed by atoms with Crippen molar-refractivity contribution in [3.8, 4) is 11.5 Å². The van der Waals surface area contributed by atoms with Crippen LogP contribution in [-0.2, 0) is 28.4 Å². The molecule has 48 heavy (non-hydrogen) atoms. The molecule has 0 radical (unpaired) electrons. The Morgan fingerprint density at radius 1 is 1.08 bits per heavy atom. The van der Waals surface area contributed by atoms with Gasteiger partial charge < -0.3 is 32.8 Å². The van der Waals surface area contributed by atoms with Crippen molar-refractivity contribution in [2.75, 3.05) is 38.3 Å². The number of carbonyl (C=O) groups excluding carboxylic acids is 1. The van der Waals surface area contributed by atoms with Crippen LogP contribution < -0.4 is 14.4 Å². The van der Waals surface area contributed by atoms with Crippen molar-refractivity contribution in [3.63, 3.8) is 0 Å². The molecule has 8 rings (SSSR count). The number of carbonyl (C=O) groups is 1. The summed E-state index contributed by atoms with van der Waals surface area (Å²) in [6.07, 6.45) is 2.96. The summed E-state index contributed by atoms with van der Waals surface area (Å²) in [5, 5.41) is 0.648. The molecule has 2 saturated heterocycles. The second-order valence-corrected chi connectivity index (χ2v) is 13.0. The van der Waals surface area contributed by atoms with E-state index in [1.165, 1.54) is 19.6 Å². The average molecular weight is 695 g/mol. The highest BCUT2D eigenvalue weighted by atomic mass is 35.5. The van der Waals surface area contributed by atoms with Gasteiger partial charge in [0, 0.05) is 25.0 Å². The van der Waals surface area contributed by atoms with E-state index in [0.29, 0.717) is 83.2 Å². The van der Waals surface area contributed by atoms with Crippen LogP contribution in [0.25, 0.3) is 11.0 Å². The second kappa shape index (κ2) is 12.0. The van der Waals surface area contributed by atoms with Crippen LogP contribution in [0.1, 0.15) is 34.4 Å². The Kier molecular flexibility index (Phi) is 7.71. The molecule has 0 amide bonds. The van der Waals surface area contributed by atoms with E-state index >= 15 is 0 Å². The summed E-state index contributed by atoms with van der Waals surface area (Å²) >= 11 is 12.7. The number of anilines is 1. The van der Waals surface area contributed by atoms with Crippen LogP contribution in [0.4, 0.5) is 10.1 Å². The molecule has 3 aliphatic rings. The van der Waals surface area contributed by atoms with Crippen molar-refractivity contribution in [1.29, 1.82) is 0 Å². The van der Waals surface area contributed by atoms with Crippen LogP contribution in [0.15, 0.2) is 65.6 Å². The van der Waals surface area contributed by atoms with Gasteiger partial charge in [-0.3, -0.25) is 4.90 Å². The molecule has 2 fully saturated rings. The van der Waals surface area contributed by atoms with Gasteiger partial charge in [0.25, 0.3) is 5.79 Å². The summed E-state index contributed by atoms with van der Waals surface area (Å²) in [6.45, 7) is 4.95. The van der Waals surface area contributed by atoms with Gasteiger partial charge in [-0.2, -0.15) is 0 Å². The molecular formula is C34H30Cl2FN5O6. The van der Waals surface area contributed by atoms with Gasteiger partial charge in [0.1, 0.15) is 23.4 Å². The van der Waals surface area contributed by atoms with Gasteiger partial charge in [-0.05, 0) is 42.5 Å². The summed E-state index contributed by atoms with van der Waals surface area (Å²) in [5.41, 5.74) is 3.41. The molecule has 5 heterocycles. The molecule has 0 saturated carbocycles. The number of aromatic nitrogens is 3. The van der Waals surface area contributed by atoms with E-state index in [-0.39, 0.29) is 17.6 Å². The number of para-hydroxylation sites is 1. The van der Waals surface area contributed by atoms with Gasteiger partial charge in [-0.15, -0.1) is 0 Å². The Bertz CT molecular complexity index is 2040. The quantitative estimate of drug-likeness (QED) is 0.188. The van der Waals surface area contributed by atoms with Crippen LogP contribution >= 0.6 is 23.2 Å². The SMILES string of the molecule is COC(=O)c1cc(Cl)c2nc(CN3CCN(c4cccc5c4OC(C)(c4ccc(Cl)cc4F)O5)[C@@H]4COC[C@@H]43)n(Cc3cocn3)c2c1. The maximum atomic E-state index is 15.0. The number of hydrogen-bond acceptors (Lipinski definition) is 10. The van der Waals surface area contributed by atoms with E-state index in [1.54, 1.807) is 37.5 Å². The molecule has 11 nitrogen and oxygen atoms in total. The third-order valence-corrected chi connectivity index (χ3v) is 9.79. The van der Waals surface area contributed by atoms with E-state index in [0.717, 1.165) is 11.5 Å². The standard InChI is InChI=1S/C34H30Cl2FN5O6/c1-34(22-7-6-20(35)12-24(22)37)47-29-5-3-4-25(32(29)48-34)41-9-8-40(27-16-45-17-28(27)41)14-30-39-31-23(36)10-19(33(43)44-2)11-26(31)42(30)13-21-15-46-18-38-21/h3-7,10-12,15,18,27-28H,8-9,13-14,16-17H2,1-2H3/t27-,28+,34?/m0/s1. The number of ether oxygens (including phenoxy) is 4. The molecule has 1 unspecified atom stereocenters. The molecule has 0 aliphatic carbocycles. The summed E-state index contributed by atoms with van der Waals surface area (Å²) in [5.74, 6) is -0.509. The maximum Gasteiger partial charge on any atom is 0.337 e. The molecule has 3 aliphatic heterocycles. The summed E-state index contributed by atoms with van der Waals surface area (Å²) in [7, 11) is 1.33. The summed E-state index contributed by atoms with van der Waals surface area (Å²) in [4.78, 5) is 26.4. The topological polar surface area (TPSA) is 104 Å². The van der Waals surface area contributed by atoms with E-state index in [9.17, 15) is 9.18 Å². The van der Waals surface area contributed by atoms with Gasteiger partial charge >= 0.3 is 5.97 Å². The Labute approximate surface area is 284 Å². The zero-order valence-electron chi connectivity index (χ0n) is 26.0. The molecule has 2 aromatic heterocycles. The highest BCUT2D eigenvalue weighted by Gasteiger charge is 2.46. The third-order valence-electron chi connectivity index (χ3n) is 9.26. The fraction of sp³-hybridized carbons (Fsp3) is 0.324. The minimum absolute atomic E-state index is 0.00384. The van der Waals surface area contributed by atoms with Crippen LogP contribution in [-0.4, -0.2) is 70.9 Å². The molecule has 0 N–H and O–H groups in total. The number of piperazine rings is 1. The number of halogens is 3. The minimum atomic E-state index is -1.36. The molecule has 14 heteroatoms. The van der Waals surface area contributed by atoms with Crippen LogP contribution in [0.5, 0.6) is 11.5 Å². The van der Waals surface area contributed by atoms with E-state index in [4.69, 9.17) is 51.6 Å². The van der Waals surface area contributed by atoms with Crippen molar-refractivity contribution in [1.82, 2.24) is 19.4 Å². The number of oxazole rings is 1. The Hall–Kier alpha value is -4.36. The van der Waals surface area contributed by atoms with Crippen molar-refractivity contribution in [2.24, 2.45) is 0 Å². The van der Waals surface area contributed by atoms with Gasteiger partial charge in [-0.1, -0.05) is 29.3 Å². The largest absolute Gasteiger partial charge is 0.465 e. The number of methoxy groups -OCH3 is 1. The smallest absolute Gasteiger partial charge is 0.337 e. The van der Waals surface area contributed by atoms with Gasteiger partial charge in [-0.25, -0.2) is 19.2 Å². The Morgan fingerprint density at radius 3 is 2.73 bits per heavy atom. The number of rotatable bonds is 7. The number of benzene rings is 3. The highest BCUT2D eigenvalue weighted by molar-refractivity contribution is 6.35. The Balaban J connectivity index is 1.09. The van der Waals surface area contributed by atoms with Crippen molar-refractivity contribution in [2.45, 2.75) is 37.9 Å². The zero-order chi connectivity index (χ0) is 33.2. The highest BCUT2D eigenvalue weighted by Crippen LogP contribution is 2.51. The minimum Gasteiger partial charge on any atom is -0.465 e. The van der Waals surface area contributed by atoms with Crippen molar-refractivity contribution < 1.29 is 32.5 Å². The lowest BCUT2D eigenvalue weighted by Gasteiger charge is -2.44. The number of hydrogen-bond donors (Lipinski definition) is 0. The van der Waals surface area contributed by atoms with E-state index in [2.05, 4.69) is 14.8 Å². The molecule has 0 spiro atoms. The lowest BCUT2D eigenvalue weighted by Crippen LogP contribution is -2.59. The van der Waals surface area contributed by atoms with E-state index < -0.39 is 17.6 Å². The first kappa shape index (κ1) is 30.9. The predicted molar refractivity (Wildman–Crippen MR) is 174 cm³/mol. The molecule has 248 valence electrons. The zero-order valence-corrected chi connectivity index (χ0v) is 27.5. The normalized spacial score (nSPS) is 22.0. The van der Waals surface area contributed by atoms with Crippen LogP contribution in [0.3, 0.4) is 0 Å². The predicted octanol–water partition coefficient (Wildman–Crippen LogP) is 6.04. The lowest BCUT2D eigenvalue weighted by molar-refractivity contribution is -0.0705. The van der Waals surface area contributed by atoms with Gasteiger partial charge in [0.15, 0.2) is 17.9 Å². The van der Waals surface area contributed by atoms with Crippen molar-refractivity contribution in [3.05, 3.63) is 99.7 Å². The van der Waals surface area contributed by atoms with Crippen molar-refractivity contribution >= 4 is 45.9 Å². The summed E-state index contributed by atoms with van der Waals surface area (Å²) in [6, 6.07) is 13.5. The molecule has 0 bridgehead atoms. The van der Waals surface area contributed by atoms with Crippen LogP contribution in [0, 0.1) is 5.82 Å². The molecular weight excluding hydrogens is 664 g/mol. The summed E-state index contributed by atoms with van der Waals surface area (Å²) < 4.78 is 45.9. The molecule has 3 atom stereocenters. The first-order valence-corrected chi connectivity index (χ1v) is 16.2. The Morgan fingerprint density at radius 2 is 1.94 bits per heavy atom. The number of nitrogens with zero attached hydrogens (tertiary/aromatic N) is 5. The number of imidazole rings is 1. The number of fused-ring (bicyclic) bond motifs is 3. The molecule has 5 aromatic rings. The lowest BCUT2D eigenvalue weighted by atomic mass is 10.0. The third kappa shape index (κ3) is 5.23. The van der Waals surface area contributed by atoms with Gasteiger partial charge in [0.05, 0.1) is 78.5 Å².